The molecule has 1 saturated heterocycles. The molecule has 1 aromatic rings. The maximum absolute atomic E-state index is 4.44. The van der Waals surface area contributed by atoms with Gasteiger partial charge in [0.15, 0.2) is 0 Å². The van der Waals surface area contributed by atoms with Gasteiger partial charge in [-0.3, -0.25) is 4.68 Å². The average molecular weight is 236 g/mol. The van der Waals surface area contributed by atoms with Gasteiger partial charge in [0.25, 0.3) is 0 Å². The van der Waals surface area contributed by atoms with Gasteiger partial charge in [-0.15, -0.1) is 0 Å². The molecule has 1 aliphatic heterocycles. The Morgan fingerprint density at radius 2 is 2.24 bits per heavy atom. The molecule has 2 heterocycles. The number of hydrogen-bond acceptors (Lipinski definition) is 3. The first-order valence-electron chi connectivity index (χ1n) is 6.56. The van der Waals surface area contributed by atoms with E-state index < -0.39 is 0 Å². The van der Waals surface area contributed by atoms with Crippen LogP contribution >= 0.6 is 0 Å². The molecular weight excluding hydrogens is 212 g/mol. The summed E-state index contributed by atoms with van der Waals surface area (Å²) >= 11 is 0. The van der Waals surface area contributed by atoms with Crippen molar-refractivity contribution in [3.8, 4) is 0 Å². The van der Waals surface area contributed by atoms with Crippen LogP contribution in [0, 0.1) is 12.8 Å². The summed E-state index contributed by atoms with van der Waals surface area (Å²) in [7, 11) is 1.99. The third-order valence-corrected chi connectivity index (χ3v) is 3.56. The Morgan fingerprint density at radius 1 is 1.47 bits per heavy atom. The summed E-state index contributed by atoms with van der Waals surface area (Å²) in [4.78, 5) is 2.48. The second-order valence-corrected chi connectivity index (χ2v) is 5.38. The van der Waals surface area contributed by atoms with Crippen LogP contribution in [0.2, 0.25) is 0 Å². The molecule has 1 aliphatic rings. The zero-order chi connectivity index (χ0) is 12.4. The number of aromatic nitrogens is 2. The molecule has 0 aliphatic carbocycles. The van der Waals surface area contributed by atoms with Crippen LogP contribution in [0.4, 0.5) is 5.69 Å². The highest BCUT2D eigenvalue weighted by atomic mass is 15.3. The first kappa shape index (κ1) is 12.4. The summed E-state index contributed by atoms with van der Waals surface area (Å²) in [6, 6.07) is 0.581. The Morgan fingerprint density at radius 3 is 2.82 bits per heavy atom. The first-order chi connectivity index (χ1) is 8.08. The van der Waals surface area contributed by atoms with E-state index in [1.807, 2.05) is 11.7 Å². The maximum atomic E-state index is 4.44. The van der Waals surface area contributed by atoms with E-state index >= 15 is 0 Å². The van der Waals surface area contributed by atoms with Crippen LogP contribution < -0.4 is 10.2 Å². The Labute approximate surface area is 104 Å². The second kappa shape index (κ2) is 5.08. The standard InChI is InChI=1S/C13H24N4/c1-10(2)12-8-17(7-5-6-14-12)13-9-16(4)15-11(13)3/h9-10,12,14H,5-8H2,1-4H3. The quantitative estimate of drug-likeness (QED) is 0.846. The Kier molecular flexibility index (Phi) is 3.72. The number of nitrogens with one attached hydrogen (secondary N) is 1. The van der Waals surface area contributed by atoms with E-state index in [0.29, 0.717) is 12.0 Å². The van der Waals surface area contributed by atoms with Gasteiger partial charge in [-0.05, 0) is 25.8 Å². The highest BCUT2D eigenvalue weighted by Crippen LogP contribution is 2.21. The van der Waals surface area contributed by atoms with Crippen molar-refractivity contribution in [3.05, 3.63) is 11.9 Å². The zero-order valence-corrected chi connectivity index (χ0v) is 11.4. The Balaban J connectivity index is 2.16. The Bertz CT molecular complexity index is 369. The van der Waals surface area contributed by atoms with Gasteiger partial charge in [-0.2, -0.15) is 5.10 Å². The van der Waals surface area contributed by atoms with Crippen molar-refractivity contribution in [1.29, 1.82) is 0 Å². The largest absolute Gasteiger partial charge is 0.367 e. The monoisotopic (exact) mass is 236 g/mol. The fourth-order valence-electron chi connectivity index (χ4n) is 2.51. The van der Waals surface area contributed by atoms with Gasteiger partial charge in [0.1, 0.15) is 0 Å². The normalized spacial score (nSPS) is 21.9. The summed E-state index contributed by atoms with van der Waals surface area (Å²) in [5.41, 5.74) is 2.43. The minimum atomic E-state index is 0.581. The molecule has 1 N–H and O–H groups in total. The van der Waals surface area contributed by atoms with E-state index in [0.717, 1.165) is 25.3 Å². The number of rotatable bonds is 2. The van der Waals surface area contributed by atoms with Crippen molar-refractivity contribution in [2.24, 2.45) is 13.0 Å². The minimum Gasteiger partial charge on any atom is -0.367 e. The minimum absolute atomic E-state index is 0.581. The van der Waals surface area contributed by atoms with E-state index in [2.05, 4.69) is 42.3 Å². The molecule has 1 aromatic heterocycles. The lowest BCUT2D eigenvalue weighted by atomic mass is 10.0. The van der Waals surface area contributed by atoms with Gasteiger partial charge in [0.05, 0.1) is 11.4 Å². The molecular formula is C13H24N4. The predicted molar refractivity (Wildman–Crippen MR) is 71.4 cm³/mol. The van der Waals surface area contributed by atoms with Gasteiger partial charge in [0, 0.05) is 32.4 Å². The summed E-state index contributed by atoms with van der Waals surface area (Å²) in [5.74, 6) is 0.674. The van der Waals surface area contributed by atoms with E-state index in [1.54, 1.807) is 0 Å². The van der Waals surface area contributed by atoms with Crippen molar-refractivity contribution in [2.45, 2.75) is 33.2 Å². The van der Waals surface area contributed by atoms with Crippen LogP contribution in [0.3, 0.4) is 0 Å². The Hall–Kier alpha value is -1.03. The van der Waals surface area contributed by atoms with E-state index in [9.17, 15) is 0 Å². The molecule has 0 radical (unpaired) electrons. The van der Waals surface area contributed by atoms with Crippen LogP contribution in [-0.4, -0.2) is 35.5 Å². The van der Waals surface area contributed by atoms with Gasteiger partial charge in [0.2, 0.25) is 0 Å². The number of aryl methyl sites for hydroxylation is 2. The molecule has 17 heavy (non-hydrogen) atoms. The molecule has 0 saturated carbocycles. The van der Waals surface area contributed by atoms with Crippen LogP contribution in [-0.2, 0) is 7.05 Å². The molecule has 1 unspecified atom stereocenters. The molecule has 4 heteroatoms. The van der Waals surface area contributed by atoms with Gasteiger partial charge in [-0.1, -0.05) is 13.8 Å². The fourth-order valence-corrected chi connectivity index (χ4v) is 2.51. The summed E-state index contributed by atoms with van der Waals surface area (Å²) < 4.78 is 1.91. The highest BCUT2D eigenvalue weighted by molar-refractivity contribution is 5.49. The average Bonchev–Trinajstić information content (AvgIpc) is 2.52. The van der Waals surface area contributed by atoms with Crippen molar-refractivity contribution in [1.82, 2.24) is 15.1 Å². The molecule has 96 valence electrons. The molecule has 0 amide bonds. The molecule has 4 nitrogen and oxygen atoms in total. The van der Waals surface area contributed by atoms with Gasteiger partial charge < -0.3 is 10.2 Å². The van der Waals surface area contributed by atoms with Crippen LogP contribution in [0.1, 0.15) is 26.0 Å². The van der Waals surface area contributed by atoms with E-state index in [-0.39, 0.29) is 0 Å². The van der Waals surface area contributed by atoms with Crippen LogP contribution in [0.5, 0.6) is 0 Å². The molecule has 1 atom stereocenters. The number of anilines is 1. The zero-order valence-electron chi connectivity index (χ0n) is 11.4. The first-order valence-corrected chi connectivity index (χ1v) is 6.56. The summed E-state index contributed by atoms with van der Waals surface area (Å²) in [6.45, 7) is 10.0. The lowest BCUT2D eigenvalue weighted by Gasteiger charge is -2.27. The van der Waals surface area contributed by atoms with Gasteiger partial charge in [-0.25, -0.2) is 0 Å². The van der Waals surface area contributed by atoms with Crippen LogP contribution in [0.25, 0.3) is 0 Å². The summed E-state index contributed by atoms with van der Waals surface area (Å²) in [5, 5.41) is 8.08. The maximum Gasteiger partial charge on any atom is 0.0827 e. The fraction of sp³-hybridized carbons (Fsp3) is 0.769. The van der Waals surface area contributed by atoms with Crippen molar-refractivity contribution in [3.63, 3.8) is 0 Å². The molecule has 0 bridgehead atoms. The predicted octanol–water partition coefficient (Wildman–Crippen LogP) is 1.55. The van der Waals surface area contributed by atoms with Crippen molar-refractivity contribution in [2.75, 3.05) is 24.5 Å². The lowest BCUT2D eigenvalue weighted by Crippen LogP contribution is -2.41. The van der Waals surface area contributed by atoms with Crippen molar-refractivity contribution >= 4 is 5.69 Å². The lowest BCUT2D eigenvalue weighted by molar-refractivity contribution is 0.420. The summed E-state index contributed by atoms with van der Waals surface area (Å²) in [6.07, 6.45) is 3.34. The number of hydrogen-bond donors (Lipinski definition) is 1. The second-order valence-electron chi connectivity index (χ2n) is 5.38. The third-order valence-electron chi connectivity index (χ3n) is 3.56. The van der Waals surface area contributed by atoms with E-state index in [4.69, 9.17) is 0 Å². The molecule has 2 rings (SSSR count). The third kappa shape index (κ3) is 2.80. The number of nitrogens with zero attached hydrogens (tertiary/aromatic N) is 3. The van der Waals surface area contributed by atoms with Crippen molar-refractivity contribution < 1.29 is 0 Å². The van der Waals surface area contributed by atoms with Crippen LogP contribution in [0.15, 0.2) is 6.20 Å². The van der Waals surface area contributed by atoms with Gasteiger partial charge >= 0.3 is 0 Å². The molecule has 0 spiro atoms. The van der Waals surface area contributed by atoms with E-state index in [1.165, 1.54) is 12.1 Å². The smallest absolute Gasteiger partial charge is 0.0827 e. The highest BCUT2D eigenvalue weighted by Gasteiger charge is 2.22. The molecule has 1 fully saturated rings. The topological polar surface area (TPSA) is 33.1 Å². The molecule has 0 aromatic carbocycles. The SMILES string of the molecule is Cc1nn(C)cc1N1CCCNC(C(C)C)C1.